The molecule has 3 nitrogen and oxygen atoms in total. The smallest absolute Gasteiger partial charge is 0.419 e. The van der Waals surface area contributed by atoms with Gasteiger partial charge in [-0.05, 0) is 12.8 Å². The highest BCUT2D eigenvalue weighted by atomic mass is 16.7. The molecule has 0 unspecified atom stereocenters. The monoisotopic (exact) mass is 143 g/mol. The molecule has 0 heterocycles. The highest BCUT2D eigenvalue weighted by Gasteiger charge is 2.14. The lowest BCUT2D eigenvalue weighted by molar-refractivity contribution is -0.0397. The van der Waals surface area contributed by atoms with Gasteiger partial charge >= 0.3 is 6.47 Å². The minimum Gasteiger partial charge on any atom is -0.430 e. The standard InChI is InChI=1S/C7H11O3/c8-5-9-6-10-7-3-1-2-4-7/h7H,1-4,6H2. The van der Waals surface area contributed by atoms with E-state index in [4.69, 9.17) is 4.74 Å². The van der Waals surface area contributed by atoms with Crippen LogP contribution in [0.15, 0.2) is 0 Å². The molecule has 0 aliphatic heterocycles. The van der Waals surface area contributed by atoms with Gasteiger partial charge in [-0.15, -0.1) is 0 Å². The summed E-state index contributed by atoms with van der Waals surface area (Å²) in [6.07, 6.45) is 4.98. The summed E-state index contributed by atoms with van der Waals surface area (Å²) in [6.45, 7) is 1.38. The third-order valence-corrected chi connectivity index (χ3v) is 1.72. The summed E-state index contributed by atoms with van der Waals surface area (Å²) in [5.41, 5.74) is 0. The van der Waals surface area contributed by atoms with Crippen LogP contribution in [0.1, 0.15) is 25.7 Å². The van der Waals surface area contributed by atoms with Crippen LogP contribution in [-0.2, 0) is 14.3 Å². The fourth-order valence-corrected chi connectivity index (χ4v) is 1.21. The lowest BCUT2D eigenvalue weighted by Crippen LogP contribution is -2.09. The first-order valence-corrected chi connectivity index (χ1v) is 3.54. The second kappa shape index (κ2) is 4.28. The van der Waals surface area contributed by atoms with E-state index >= 15 is 0 Å². The zero-order valence-electron chi connectivity index (χ0n) is 5.84. The van der Waals surface area contributed by atoms with Crippen molar-refractivity contribution in [3.05, 3.63) is 0 Å². The van der Waals surface area contributed by atoms with Crippen LogP contribution in [0.25, 0.3) is 0 Å². The Morgan fingerprint density at radius 1 is 1.40 bits per heavy atom. The first-order chi connectivity index (χ1) is 4.93. The lowest BCUT2D eigenvalue weighted by atomic mass is 10.3. The van der Waals surface area contributed by atoms with Gasteiger partial charge in [0.05, 0.1) is 6.10 Å². The molecule has 1 rings (SSSR count). The van der Waals surface area contributed by atoms with Crippen molar-refractivity contribution in [3.63, 3.8) is 0 Å². The van der Waals surface area contributed by atoms with Gasteiger partial charge in [0.25, 0.3) is 0 Å². The van der Waals surface area contributed by atoms with Crippen LogP contribution in [0.4, 0.5) is 0 Å². The van der Waals surface area contributed by atoms with Gasteiger partial charge in [0, 0.05) is 0 Å². The van der Waals surface area contributed by atoms with Crippen molar-refractivity contribution >= 4 is 6.47 Å². The largest absolute Gasteiger partial charge is 0.430 e. The SMILES string of the molecule is O=[C]OCOC1CCCC1. The van der Waals surface area contributed by atoms with Crippen LogP contribution in [-0.4, -0.2) is 19.4 Å². The van der Waals surface area contributed by atoms with Crippen molar-refractivity contribution in [1.82, 2.24) is 0 Å². The van der Waals surface area contributed by atoms with Crippen LogP contribution in [0.2, 0.25) is 0 Å². The van der Waals surface area contributed by atoms with Gasteiger partial charge in [-0.25, -0.2) is 4.79 Å². The molecule has 1 radical (unpaired) electrons. The minimum absolute atomic E-state index is 0.0637. The summed E-state index contributed by atoms with van der Waals surface area (Å²) in [6, 6.07) is 0. The molecular formula is C7H11O3. The Morgan fingerprint density at radius 3 is 2.70 bits per heavy atom. The Hall–Kier alpha value is -0.570. The predicted octanol–water partition coefficient (Wildman–Crippen LogP) is 0.987. The van der Waals surface area contributed by atoms with E-state index in [1.165, 1.54) is 19.3 Å². The van der Waals surface area contributed by atoms with Gasteiger partial charge in [0.15, 0.2) is 6.79 Å². The Morgan fingerprint density at radius 2 is 2.10 bits per heavy atom. The third-order valence-electron chi connectivity index (χ3n) is 1.72. The third kappa shape index (κ3) is 2.35. The van der Waals surface area contributed by atoms with Crippen molar-refractivity contribution in [2.45, 2.75) is 31.8 Å². The topological polar surface area (TPSA) is 35.5 Å². The van der Waals surface area contributed by atoms with Crippen LogP contribution in [0, 0.1) is 0 Å². The summed E-state index contributed by atoms with van der Waals surface area (Å²) in [7, 11) is 0. The van der Waals surface area contributed by atoms with Gasteiger partial charge in [-0.3, -0.25) is 0 Å². The quantitative estimate of drug-likeness (QED) is 0.435. The zero-order chi connectivity index (χ0) is 7.23. The Balaban J connectivity index is 1.96. The van der Waals surface area contributed by atoms with Gasteiger partial charge in [0.2, 0.25) is 0 Å². The average Bonchev–Trinajstić information content (AvgIpc) is 2.41. The van der Waals surface area contributed by atoms with Gasteiger partial charge in [-0.2, -0.15) is 0 Å². The molecule has 3 heteroatoms. The molecule has 57 valence electrons. The second-order valence-electron chi connectivity index (χ2n) is 2.42. The van der Waals surface area contributed by atoms with Crippen LogP contribution in [0.3, 0.4) is 0 Å². The van der Waals surface area contributed by atoms with E-state index in [0.29, 0.717) is 6.10 Å². The van der Waals surface area contributed by atoms with Crippen molar-refractivity contribution in [3.8, 4) is 0 Å². The normalized spacial score (nSPS) is 19.2. The first kappa shape index (κ1) is 7.54. The highest BCUT2D eigenvalue weighted by Crippen LogP contribution is 2.20. The number of rotatable bonds is 4. The molecule has 0 aromatic rings. The highest BCUT2D eigenvalue weighted by molar-refractivity contribution is 5.37. The molecule has 0 aromatic heterocycles. The fourth-order valence-electron chi connectivity index (χ4n) is 1.21. The molecule has 10 heavy (non-hydrogen) atoms. The maximum absolute atomic E-state index is 9.55. The molecule has 1 aliphatic rings. The van der Waals surface area contributed by atoms with E-state index in [1.54, 1.807) is 0 Å². The average molecular weight is 143 g/mol. The van der Waals surface area contributed by atoms with E-state index in [9.17, 15) is 4.79 Å². The van der Waals surface area contributed by atoms with Gasteiger partial charge in [0.1, 0.15) is 0 Å². The molecular weight excluding hydrogens is 132 g/mol. The predicted molar refractivity (Wildman–Crippen MR) is 35.0 cm³/mol. The Labute approximate surface area is 60.3 Å². The molecule has 0 spiro atoms. The molecule has 0 amide bonds. The molecule has 0 saturated heterocycles. The molecule has 0 bridgehead atoms. The summed E-state index contributed by atoms with van der Waals surface area (Å²) in [5, 5.41) is 0. The van der Waals surface area contributed by atoms with Gasteiger partial charge in [-0.1, -0.05) is 12.8 Å². The molecule has 1 fully saturated rings. The van der Waals surface area contributed by atoms with E-state index in [2.05, 4.69) is 4.74 Å². The maximum atomic E-state index is 9.55. The molecule has 0 N–H and O–H groups in total. The molecule has 1 aliphatic carbocycles. The zero-order valence-corrected chi connectivity index (χ0v) is 5.84. The number of hydrogen-bond acceptors (Lipinski definition) is 3. The van der Waals surface area contributed by atoms with E-state index in [-0.39, 0.29) is 6.79 Å². The summed E-state index contributed by atoms with van der Waals surface area (Å²) >= 11 is 0. The van der Waals surface area contributed by atoms with Crippen molar-refractivity contribution < 1.29 is 14.3 Å². The van der Waals surface area contributed by atoms with Crippen molar-refractivity contribution in [2.24, 2.45) is 0 Å². The molecule has 0 atom stereocenters. The number of ether oxygens (including phenoxy) is 2. The summed E-state index contributed by atoms with van der Waals surface area (Å²) < 4.78 is 9.43. The maximum Gasteiger partial charge on any atom is 0.419 e. The number of carbonyl (C=O) groups excluding carboxylic acids is 1. The van der Waals surface area contributed by atoms with Crippen LogP contribution < -0.4 is 0 Å². The molecule has 1 saturated carbocycles. The lowest BCUT2D eigenvalue weighted by Gasteiger charge is -2.07. The minimum atomic E-state index is 0.0637. The first-order valence-electron chi connectivity index (χ1n) is 3.54. The van der Waals surface area contributed by atoms with Crippen LogP contribution in [0.5, 0.6) is 0 Å². The van der Waals surface area contributed by atoms with E-state index in [0.717, 1.165) is 12.8 Å². The summed E-state index contributed by atoms with van der Waals surface area (Å²) in [5.74, 6) is 0. The Bertz CT molecular complexity index is 97.0. The fraction of sp³-hybridized carbons (Fsp3) is 0.857. The number of hydrogen-bond donors (Lipinski definition) is 0. The van der Waals surface area contributed by atoms with E-state index in [1.807, 2.05) is 0 Å². The summed E-state index contributed by atoms with van der Waals surface area (Å²) in [4.78, 5) is 9.55. The van der Waals surface area contributed by atoms with E-state index < -0.39 is 0 Å². The van der Waals surface area contributed by atoms with Crippen molar-refractivity contribution in [2.75, 3.05) is 6.79 Å². The second-order valence-corrected chi connectivity index (χ2v) is 2.42. The Kier molecular flexibility index (Phi) is 3.22. The van der Waals surface area contributed by atoms with Crippen LogP contribution >= 0.6 is 0 Å². The van der Waals surface area contributed by atoms with Crippen molar-refractivity contribution in [1.29, 1.82) is 0 Å². The van der Waals surface area contributed by atoms with Gasteiger partial charge < -0.3 is 9.47 Å². The molecule has 0 aromatic carbocycles.